The van der Waals surface area contributed by atoms with E-state index in [0.717, 1.165) is 13.0 Å². The number of hydrogen-bond acceptors (Lipinski definition) is 2. The topological polar surface area (TPSA) is 35.2 Å². The fourth-order valence-corrected chi connectivity index (χ4v) is 2.42. The third-order valence-electron chi connectivity index (χ3n) is 3.48. The molecule has 0 heterocycles. The molecule has 0 amide bonds. The van der Waals surface area contributed by atoms with Gasteiger partial charge in [0, 0.05) is 12.1 Å². The smallest absolute Gasteiger partial charge is 0.0598 e. The van der Waals surface area contributed by atoms with Gasteiger partial charge in [0.05, 0.1) is 5.60 Å². The second kappa shape index (κ2) is 6.02. The van der Waals surface area contributed by atoms with Crippen molar-refractivity contribution in [1.29, 1.82) is 0 Å². The van der Waals surface area contributed by atoms with Gasteiger partial charge in [0.1, 0.15) is 0 Å². The molecule has 0 aliphatic heterocycles. The Morgan fingerprint density at radius 3 is 2.00 bits per heavy atom. The van der Waals surface area contributed by atoms with Crippen LogP contribution in [0, 0.1) is 0 Å². The summed E-state index contributed by atoms with van der Waals surface area (Å²) in [4.78, 5) is 0. The highest BCUT2D eigenvalue weighted by Crippen LogP contribution is 2.27. The molecule has 0 aromatic rings. The lowest BCUT2D eigenvalue weighted by Gasteiger charge is -2.32. The van der Waals surface area contributed by atoms with Crippen LogP contribution >= 0.6 is 0 Å². The zero-order valence-electron chi connectivity index (χ0n) is 11.3. The molecule has 0 atom stereocenters. The Morgan fingerprint density at radius 2 is 1.50 bits per heavy atom. The molecule has 1 rings (SSSR count). The molecule has 96 valence electrons. The van der Waals surface area contributed by atoms with Crippen molar-refractivity contribution in [1.82, 2.24) is 0 Å². The standard InChI is InChI=1S/C14H29NO/c1-13(2,3)16-12-11-14(15)9-7-5-4-6-8-10-14/h4-12,15H2,1-3H3. The minimum Gasteiger partial charge on any atom is -0.376 e. The van der Waals surface area contributed by atoms with E-state index in [9.17, 15) is 0 Å². The predicted molar refractivity (Wildman–Crippen MR) is 69.6 cm³/mol. The monoisotopic (exact) mass is 227 g/mol. The number of nitrogens with two attached hydrogens (primary N) is 1. The summed E-state index contributed by atoms with van der Waals surface area (Å²) in [6.07, 6.45) is 10.1. The van der Waals surface area contributed by atoms with E-state index in [1.165, 1.54) is 44.9 Å². The summed E-state index contributed by atoms with van der Waals surface area (Å²) >= 11 is 0. The van der Waals surface area contributed by atoms with Crippen LogP contribution in [-0.2, 0) is 4.74 Å². The lowest BCUT2D eigenvalue weighted by Crippen LogP contribution is -2.42. The second-order valence-corrected chi connectivity index (χ2v) is 6.34. The molecule has 16 heavy (non-hydrogen) atoms. The molecule has 1 aliphatic rings. The Bertz CT molecular complexity index is 187. The third kappa shape index (κ3) is 5.86. The van der Waals surface area contributed by atoms with Gasteiger partial charge in [0.2, 0.25) is 0 Å². The lowest BCUT2D eigenvalue weighted by atomic mass is 9.82. The fraction of sp³-hybridized carbons (Fsp3) is 1.00. The third-order valence-corrected chi connectivity index (χ3v) is 3.48. The van der Waals surface area contributed by atoms with Crippen LogP contribution in [0.2, 0.25) is 0 Å². The summed E-state index contributed by atoms with van der Waals surface area (Å²) in [6.45, 7) is 7.12. The maximum atomic E-state index is 6.48. The first kappa shape index (κ1) is 14.0. The first-order valence-electron chi connectivity index (χ1n) is 6.84. The highest BCUT2D eigenvalue weighted by molar-refractivity contribution is 4.85. The zero-order valence-corrected chi connectivity index (χ0v) is 11.3. The van der Waals surface area contributed by atoms with Crippen molar-refractivity contribution in [3.8, 4) is 0 Å². The van der Waals surface area contributed by atoms with Gasteiger partial charge >= 0.3 is 0 Å². The first-order valence-corrected chi connectivity index (χ1v) is 6.84. The summed E-state index contributed by atoms with van der Waals surface area (Å²) < 4.78 is 5.79. The lowest BCUT2D eigenvalue weighted by molar-refractivity contribution is -0.0128. The van der Waals surface area contributed by atoms with Gasteiger partial charge in [-0.25, -0.2) is 0 Å². The SMILES string of the molecule is CC(C)(C)OCCC1(N)CCCCCCC1. The van der Waals surface area contributed by atoms with Crippen LogP contribution in [-0.4, -0.2) is 17.7 Å². The molecule has 1 saturated carbocycles. The van der Waals surface area contributed by atoms with Crippen molar-refractivity contribution in [2.75, 3.05) is 6.61 Å². The van der Waals surface area contributed by atoms with Crippen molar-refractivity contribution in [2.24, 2.45) is 5.73 Å². The maximum Gasteiger partial charge on any atom is 0.0598 e. The molecule has 0 aromatic heterocycles. The van der Waals surface area contributed by atoms with E-state index < -0.39 is 0 Å². The highest BCUT2D eigenvalue weighted by atomic mass is 16.5. The van der Waals surface area contributed by atoms with Gasteiger partial charge < -0.3 is 10.5 Å². The molecule has 0 radical (unpaired) electrons. The Labute approximate surface area is 101 Å². The van der Waals surface area contributed by atoms with E-state index in [2.05, 4.69) is 20.8 Å². The molecule has 0 aromatic carbocycles. The van der Waals surface area contributed by atoms with Crippen molar-refractivity contribution < 1.29 is 4.74 Å². The summed E-state index contributed by atoms with van der Waals surface area (Å²) in [7, 11) is 0. The van der Waals surface area contributed by atoms with Crippen LogP contribution in [0.4, 0.5) is 0 Å². The van der Waals surface area contributed by atoms with E-state index in [4.69, 9.17) is 10.5 Å². The fourth-order valence-electron chi connectivity index (χ4n) is 2.42. The molecule has 1 fully saturated rings. The molecule has 0 unspecified atom stereocenters. The van der Waals surface area contributed by atoms with Gasteiger partial charge in [-0.2, -0.15) is 0 Å². The van der Waals surface area contributed by atoms with Gasteiger partial charge in [-0.15, -0.1) is 0 Å². The number of rotatable bonds is 3. The minimum atomic E-state index is -0.0298. The molecular weight excluding hydrogens is 198 g/mol. The molecule has 1 aliphatic carbocycles. The van der Waals surface area contributed by atoms with E-state index in [0.29, 0.717) is 0 Å². The average Bonchev–Trinajstić information content (AvgIpc) is 2.10. The van der Waals surface area contributed by atoms with Crippen LogP contribution < -0.4 is 5.73 Å². The quantitative estimate of drug-likeness (QED) is 0.799. The molecule has 2 N–H and O–H groups in total. The maximum absolute atomic E-state index is 6.48. The van der Waals surface area contributed by atoms with E-state index in [1.54, 1.807) is 0 Å². The average molecular weight is 227 g/mol. The van der Waals surface area contributed by atoms with Gasteiger partial charge in [0.15, 0.2) is 0 Å². The summed E-state index contributed by atoms with van der Waals surface area (Å²) in [5, 5.41) is 0. The number of hydrogen-bond donors (Lipinski definition) is 1. The summed E-state index contributed by atoms with van der Waals surface area (Å²) in [6, 6.07) is 0. The van der Waals surface area contributed by atoms with Gasteiger partial charge in [-0.1, -0.05) is 32.1 Å². The van der Waals surface area contributed by atoms with Crippen LogP contribution in [0.3, 0.4) is 0 Å². The highest BCUT2D eigenvalue weighted by Gasteiger charge is 2.25. The van der Waals surface area contributed by atoms with Crippen LogP contribution in [0.15, 0.2) is 0 Å². The molecule has 0 spiro atoms. The molecule has 2 heteroatoms. The largest absolute Gasteiger partial charge is 0.376 e. The van der Waals surface area contributed by atoms with E-state index in [1.807, 2.05) is 0 Å². The van der Waals surface area contributed by atoms with E-state index in [-0.39, 0.29) is 11.1 Å². The van der Waals surface area contributed by atoms with Crippen LogP contribution in [0.25, 0.3) is 0 Å². The Balaban J connectivity index is 2.30. The molecule has 0 saturated heterocycles. The van der Waals surface area contributed by atoms with E-state index >= 15 is 0 Å². The van der Waals surface area contributed by atoms with Crippen molar-refractivity contribution in [3.63, 3.8) is 0 Å². The molecular formula is C14H29NO. The number of ether oxygens (including phenoxy) is 1. The molecule has 2 nitrogen and oxygen atoms in total. The van der Waals surface area contributed by atoms with Crippen molar-refractivity contribution >= 4 is 0 Å². The zero-order chi connectivity index (χ0) is 12.1. The Hall–Kier alpha value is -0.0800. The first-order chi connectivity index (χ1) is 7.41. The Kier molecular flexibility index (Phi) is 5.26. The van der Waals surface area contributed by atoms with Gasteiger partial charge in [-0.3, -0.25) is 0 Å². The van der Waals surface area contributed by atoms with Crippen LogP contribution in [0.1, 0.15) is 72.1 Å². The summed E-state index contributed by atoms with van der Waals surface area (Å²) in [5.74, 6) is 0. The van der Waals surface area contributed by atoms with Gasteiger partial charge in [0.25, 0.3) is 0 Å². The minimum absolute atomic E-state index is 0.0298. The van der Waals surface area contributed by atoms with Gasteiger partial charge in [-0.05, 0) is 40.0 Å². The second-order valence-electron chi connectivity index (χ2n) is 6.34. The van der Waals surface area contributed by atoms with Crippen molar-refractivity contribution in [2.45, 2.75) is 83.3 Å². The summed E-state index contributed by atoms with van der Waals surface area (Å²) in [5.41, 5.74) is 6.50. The Morgan fingerprint density at radius 1 is 1.00 bits per heavy atom. The van der Waals surface area contributed by atoms with Crippen LogP contribution in [0.5, 0.6) is 0 Å². The normalized spacial score (nSPS) is 22.5. The van der Waals surface area contributed by atoms with Crippen molar-refractivity contribution in [3.05, 3.63) is 0 Å². The predicted octanol–water partition coefficient (Wildman–Crippen LogP) is 3.63. The molecule has 0 bridgehead atoms.